The van der Waals surface area contributed by atoms with Crippen molar-refractivity contribution >= 4 is 12.1 Å². The summed E-state index contributed by atoms with van der Waals surface area (Å²) in [6.45, 7) is 9.62. The number of ether oxygens (including phenoxy) is 2. The minimum Gasteiger partial charge on any atom is -0.489 e. The first kappa shape index (κ1) is 22.3. The lowest BCUT2D eigenvalue weighted by Gasteiger charge is -2.21. The number of carboxylic acid groups (broad SMARTS) is 1. The molecule has 0 aliphatic heterocycles. The van der Waals surface area contributed by atoms with Gasteiger partial charge in [0.1, 0.15) is 18.0 Å². The second kappa shape index (κ2) is 9.45. The molecule has 2 aromatic carbocycles. The van der Waals surface area contributed by atoms with Crippen LogP contribution in [0, 0.1) is 13.8 Å². The third-order valence-electron chi connectivity index (χ3n) is 4.25. The van der Waals surface area contributed by atoms with E-state index in [0.717, 1.165) is 16.9 Å². The van der Waals surface area contributed by atoms with Gasteiger partial charge in [-0.05, 0) is 57.4 Å². The molecule has 0 heterocycles. The van der Waals surface area contributed by atoms with E-state index in [2.05, 4.69) is 11.4 Å². The van der Waals surface area contributed by atoms with E-state index >= 15 is 0 Å². The number of alkyl carbamates (subject to hydrolysis) is 1. The fraction of sp³-hybridized carbons (Fsp3) is 0.391. The summed E-state index contributed by atoms with van der Waals surface area (Å²) >= 11 is 0. The second-order valence-corrected chi connectivity index (χ2v) is 8.07. The number of aliphatic carboxylic acids is 1. The SMILES string of the molecule is Cc1ccc(OCc2ccc([C@@H](CNC(=O)OC(C)(C)C)C(=O)O)cc2)c(C)c1. The van der Waals surface area contributed by atoms with E-state index in [9.17, 15) is 14.7 Å². The van der Waals surface area contributed by atoms with Gasteiger partial charge in [0.25, 0.3) is 0 Å². The Balaban J connectivity index is 1.98. The highest BCUT2D eigenvalue weighted by Crippen LogP contribution is 2.21. The Bertz CT molecular complexity index is 853. The quantitative estimate of drug-likeness (QED) is 0.712. The molecular weight excluding hydrogens is 370 g/mol. The molecule has 0 bridgehead atoms. The Morgan fingerprint density at radius 1 is 1.07 bits per heavy atom. The van der Waals surface area contributed by atoms with Gasteiger partial charge in [-0.1, -0.05) is 42.0 Å². The molecular formula is C23H29NO5. The first-order valence-corrected chi connectivity index (χ1v) is 9.54. The number of nitrogens with one attached hydrogen (secondary N) is 1. The van der Waals surface area contributed by atoms with Gasteiger partial charge in [-0.2, -0.15) is 0 Å². The molecule has 29 heavy (non-hydrogen) atoms. The fourth-order valence-corrected chi connectivity index (χ4v) is 2.82. The maximum Gasteiger partial charge on any atom is 0.407 e. The summed E-state index contributed by atoms with van der Waals surface area (Å²) in [7, 11) is 0. The van der Waals surface area contributed by atoms with Crippen LogP contribution in [0.2, 0.25) is 0 Å². The van der Waals surface area contributed by atoms with Crippen LogP contribution in [0.5, 0.6) is 5.75 Å². The maximum absolute atomic E-state index is 11.8. The van der Waals surface area contributed by atoms with Crippen LogP contribution in [-0.2, 0) is 16.1 Å². The number of carbonyl (C=O) groups excluding carboxylic acids is 1. The summed E-state index contributed by atoms with van der Waals surface area (Å²) in [5, 5.41) is 12.1. The largest absolute Gasteiger partial charge is 0.489 e. The molecule has 2 rings (SSSR count). The van der Waals surface area contributed by atoms with E-state index in [1.165, 1.54) is 5.56 Å². The number of benzene rings is 2. The summed E-state index contributed by atoms with van der Waals surface area (Å²) in [6, 6.07) is 13.2. The number of amides is 1. The topological polar surface area (TPSA) is 84.9 Å². The van der Waals surface area contributed by atoms with Crippen LogP contribution in [0.3, 0.4) is 0 Å². The molecule has 2 aromatic rings. The third kappa shape index (κ3) is 7.14. The van der Waals surface area contributed by atoms with Crippen LogP contribution in [0.4, 0.5) is 4.79 Å². The molecule has 6 heteroatoms. The molecule has 0 spiro atoms. The van der Waals surface area contributed by atoms with Gasteiger partial charge >= 0.3 is 12.1 Å². The van der Waals surface area contributed by atoms with E-state index in [4.69, 9.17) is 9.47 Å². The Labute approximate surface area is 171 Å². The molecule has 0 radical (unpaired) electrons. The third-order valence-corrected chi connectivity index (χ3v) is 4.25. The van der Waals surface area contributed by atoms with E-state index in [1.807, 2.05) is 38.1 Å². The summed E-state index contributed by atoms with van der Waals surface area (Å²) in [4.78, 5) is 23.4. The minimum atomic E-state index is -1.01. The van der Waals surface area contributed by atoms with Crippen LogP contribution >= 0.6 is 0 Å². The summed E-state index contributed by atoms with van der Waals surface area (Å²) in [6.07, 6.45) is -0.637. The smallest absolute Gasteiger partial charge is 0.407 e. The van der Waals surface area contributed by atoms with Crippen molar-refractivity contribution in [2.45, 2.75) is 52.7 Å². The van der Waals surface area contributed by atoms with Crippen molar-refractivity contribution in [3.05, 3.63) is 64.7 Å². The summed E-state index contributed by atoms with van der Waals surface area (Å²) in [5.74, 6) is -1.05. The first-order chi connectivity index (χ1) is 13.5. The zero-order valence-corrected chi connectivity index (χ0v) is 17.6. The predicted octanol–water partition coefficient (Wildman–Crippen LogP) is 4.58. The Kier molecular flexibility index (Phi) is 7.26. The van der Waals surface area contributed by atoms with Crippen LogP contribution in [0.15, 0.2) is 42.5 Å². The Hall–Kier alpha value is -3.02. The van der Waals surface area contributed by atoms with Gasteiger partial charge in [0.05, 0.1) is 5.92 Å². The van der Waals surface area contributed by atoms with Crippen molar-refractivity contribution in [3.63, 3.8) is 0 Å². The molecule has 1 amide bonds. The minimum absolute atomic E-state index is 0.0529. The molecule has 0 aliphatic rings. The van der Waals surface area contributed by atoms with Crippen molar-refractivity contribution in [1.29, 1.82) is 0 Å². The lowest BCUT2D eigenvalue weighted by atomic mass is 9.98. The fourth-order valence-electron chi connectivity index (χ4n) is 2.82. The van der Waals surface area contributed by atoms with E-state index < -0.39 is 23.6 Å². The lowest BCUT2D eigenvalue weighted by Crippen LogP contribution is -2.36. The van der Waals surface area contributed by atoms with Crippen LogP contribution in [0.1, 0.15) is 48.9 Å². The lowest BCUT2D eigenvalue weighted by molar-refractivity contribution is -0.138. The molecule has 0 saturated heterocycles. The van der Waals surface area contributed by atoms with Gasteiger partial charge in [0, 0.05) is 6.54 Å². The van der Waals surface area contributed by atoms with E-state index in [0.29, 0.717) is 12.2 Å². The number of rotatable bonds is 7. The zero-order chi connectivity index (χ0) is 21.6. The second-order valence-electron chi connectivity index (χ2n) is 8.07. The number of hydrogen-bond acceptors (Lipinski definition) is 4. The molecule has 0 aromatic heterocycles. The van der Waals surface area contributed by atoms with Crippen molar-refractivity contribution in [1.82, 2.24) is 5.32 Å². The van der Waals surface area contributed by atoms with Gasteiger partial charge in [0.2, 0.25) is 0 Å². The molecule has 0 fully saturated rings. The summed E-state index contributed by atoms with van der Waals surface area (Å²) in [5.41, 5.74) is 3.14. The van der Waals surface area contributed by atoms with Gasteiger partial charge < -0.3 is 19.9 Å². The Morgan fingerprint density at radius 2 is 1.72 bits per heavy atom. The highest BCUT2D eigenvalue weighted by Gasteiger charge is 2.22. The predicted molar refractivity (Wildman–Crippen MR) is 111 cm³/mol. The number of hydrogen-bond donors (Lipinski definition) is 2. The highest BCUT2D eigenvalue weighted by atomic mass is 16.6. The van der Waals surface area contributed by atoms with E-state index in [1.54, 1.807) is 32.9 Å². The molecule has 2 N–H and O–H groups in total. The van der Waals surface area contributed by atoms with Gasteiger partial charge in [-0.15, -0.1) is 0 Å². The van der Waals surface area contributed by atoms with Crippen molar-refractivity contribution in [2.75, 3.05) is 6.54 Å². The number of carbonyl (C=O) groups is 2. The number of aryl methyl sites for hydroxylation is 2. The van der Waals surface area contributed by atoms with Crippen LogP contribution in [-0.4, -0.2) is 29.3 Å². The molecule has 0 saturated carbocycles. The highest BCUT2D eigenvalue weighted by molar-refractivity contribution is 5.77. The monoisotopic (exact) mass is 399 g/mol. The number of carboxylic acids is 1. The van der Waals surface area contributed by atoms with Crippen LogP contribution < -0.4 is 10.1 Å². The summed E-state index contributed by atoms with van der Waals surface area (Å²) < 4.78 is 11.0. The van der Waals surface area contributed by atoms with Gasteiger partial charge in [-0.25, -0.2) is 4.79 Å². The standard InChI is InChI=1S/C23H29NO5/c1-15-6-11-20(16(2)12-15)28-14-17-7-9-18(10-8-17)19(21(25)26)13-24-22(27)29-23(3,4)5/h6-12,19H,13-14H2,1-5H3,(H,24,27)(H,25,26)/t19-/m1/s1. The molecule has 1 atom stereocenters. The normalized spacial score (nSPS) is 12.2. The Morgan fingerprint density at radius 3 is 2.28 bits per heavy atom. The van der Waals surface area contributed by atoms with E-state index in [-0.39, 0.29) is 6.54 Å². The maximum atomic E-state index is 11.8. The molecule has 0 unspecified atom stereocenters. The molecule has 156 valence electrons. The van der Waals surface area contributed by atoms with Crippen molar-refractivity contribution in [2.24, 2.45) is 0 Å². The zero-order valence-electron chi connectivity index (χ0n) is 17.6. The van der Waals surface area contributed by atoms with Gasteiger partial charge in [-0.3, -0.25) is 4.79 Å². The first-order valence-electron chi connectivity index (χ1n) is 9.54. The van der Waals surface area contributed by atoms with Crippen molar-refractivity contribution < 1.29 is 24.2 Å². The molecule has 0 aliphatic carbocycles. The van der Waals surface area contributed by atoms with Crippen LogP contribution in [0.25, 0.3) is 0 Å². The van der Waals surface area contributed by atoms with Crippen molar-refractivity contribution in [3.8, 4) is 5.75 Å². The molecule has 6 nitrogen and oxygen atoms in total. The average Bonchev–Trinajstić information content (AvgIpc) is 2.60. The average molecular weight is 399 g/mol. The van der Waals surface area contributed by atoms with Gasteiger partial charge in [0.15, 0.2) is 0 Å².